The summed E-state index contributed by atoms with van der Waals surface area (Å²) in [6, 6.07) is 3.72. The van der Waals surface area contributed by atoms with Crippen molar-refractivity contribution in [2.75, 3.05) is 18.0 Å². The smallest absolute Gasteiger partial charge is 0.299 e. The minimum absolute atomic E-state index is 0.135. The summed E-state index contributed by atoms with van der Waals surface area (Å²) in [5, 5.41) is 19.1. The average Bonchev–Trinajstić information content (AvgIpc) is 3.29. The number of anilines is 1. The zero-order valence-corrected chi connectivity index (χ0v) is 13.3. The van der Waals surface area contributed by atoms with Crippen LogP contribution in [0.15, 0.2) is 29.5 Å². The number of aromatic amines is 1. The van der Waals surface area contributed by atoms with Gasteiger partial charge in [0.05, 0.1) is 12.4 Å². The van der Waals surface area contributed by atoms with Crippen molar-refractivity contribution >= 4 is 5.82 Å². The van der Waals surface area contributed by atoms with Crippen LogP contribution in [0.3, 0.4) is 0 Å². The maximum atomic E-state index is 12.6. The van der Waals surface area contributed by atoms with Gasteiger partial charge in [0.2, 0.25) is 0 Å². The fraction of sp³-hybridized carbons (Fsp3) is 0.333. The first kappa shape index (κ1) is 15.1. The molecule has 0 bridgehead atoms. The lowest BCUT2D eigenvalue weighted by Gasteiger charge is -2.27. The molecule has 1 aliphatic rings. The number of aromatic nitrogens is 7. The Morgan fingerprint density at radius 3 is 2.84 bits per heavy atom. The van der Waals surface area contributed by atoms with Crippen molar-refractivity contribution in [2.45, 2.75) is 19.3 Å². The number of nitrogens with one attached hydrogen (secondary N) is 1. The third-order valence-electron chi connectivity index (χ3n) is 4.12. The summed E-state index contributed by atoms with van der Waals surface area (Å²) >= 11 is 0. The van der Waals surface area contributed by atoms with Gasteiger partial charge in [-0.15, -0.1) is 5.10 Å². The number of piperidine rings is 1. The van der Waals surface area contributed by atoms with Gasteiger partial charge in [0.1, 0.15) is 11.9 Å². The zero-order chi connectivity index (χ0) is 17.2. The van der Waals surface area contributed by atoms with Crippen LogP contribution in [0.1, 0.15) is 25.0 Å². The Hall–Kier alpha value is -3.48. The Labute approximate surface area is 142 Å². The monoisotopic (exact) mass is 337 g/mol. The molecule has 1 fully saturated rings. The van der Waals surface area contributed by atoms with E-state index in [4.69, 9.17) is 5.26 Å². The molecule has 4 rings (SSSR count). The van der Waals surface area contributed by atoms with Crippen molar-refractivity contribution in [2.24, 2.45) is 0 Å². The van der Waals surface area contributed by atoms with Gasteiger partial charge in [-0.2, -0.15) is 14.9 Å². The fourth-order valence-electron chi connectivity index (χ4n) is 2.85. The van der Waals surface area contributed by atoms with Crippen LogP contribution in [0.2, 0.25) is 0 Å². The van der Waals surface area contributed by atoms with Crippen LogP contribution < -0.4 is 10.5 Å². The van der Waals surface area contributed by atoms with E-state index in [0.29, 0.717) is 0 Å². The molecule has 0 atom stereocenters. The molecule has 0 aromatic carbocycles. The molecule has 10 heteroatoms. The molecule has 1 N–H and O–H groups in total. The van der Waals surface area contributed by atoms with Gasteiger partial charge >= 0.3 is 0 Å². The third kappa shape index (κ3) is 2.76. The Balaban J connectivity index is 1.69. The van der Waals surface area contributed by atoms with E-state index >= 15 is 0 Å². The lowest BCUT2D eigenvalue weighted by Crippen LogP contribution is -2.31. The Kier molecular flexibility index (Phi) is 3.74. The average molecular weight is 337 g/mol. The molecule has 0 unspecified atom stereocenters. The Bertz CT molecular complexity index is 987. The van der Waals surface area contributed by atoms with E-state index in [2.05, 4.69) is 30.3 Å². The molecule has 1 saturated heterocycles. The first-order valence-electron chi connectivity index (χ1n) is 7.98. The Morgan fingerprint density at radius 1 is 1.24 bits per heavy atom. The van der Waals surface area contributed by atoms with E-state index in [1.54, 1.807) is 6.20 Å². The number of nitriles is 1. The highest BCUT2D eigenvalue weighted by atomic mass is 16.1. The van der Waals surface area contributed by atoms with Crippen molar-refractivity contribution in [3.05, 3.63) is 40.7 Å². The van der Waals surface area contributed by atoms with Gasteiger partial charge in [-0.3, -0.25) is 9.89 Å². The van der Waals surface area contributed by atoms with Crippen molar-refractivity contribution < 1.29 is 0 Å². The predicted octanol–water partition coefficient (Wildman–Crippen LogP) is 0.398. The summed E-state index contributed by atoms with van der Waals surface area (Å²) < 4.78 is 2.50. The highest BCUT2D eigenvalue weighted by Gasteiger charge is 2.16. The molecule has 0 spiro atoms. The lowest BCUT2D eigenvalue weighted by atomic mass is 10.1. The van der Waals surface area contributed by atoms with Crippen LogP contribution in [-0.4, -0.2) is 47.8 Å². The summed E-state index contributed by atoms with van der Waals surface area (Å²) in [6.07, 6.45) is 8.02. The van der Waals surface area contributed by atoms with Gasteiger partial charge in [-0.1, -0.05) is 5.21 Å². The molecule has 126 valence electrons. The van der Waals surface area contributed by atoms with Gasteiger partial charge in [0, 0.05) is 19.3 Å². The number of hydrogen-bond acceptors (Lipinski definition) is 7. The Morgan fingerprint density at radius 2 is 2.08 bits per heavy atom. The van der Waals surface area contributed by atoms with Crippen LogP contribution in [0, 0.1) is 11.3 Å². The van der Waals surface area contributed by atoms with E-state index in [9.17, 15) is 4.79 Å². The number of H-pyrrole nitrogens is 1. The van der Waals surface area contributed by atoms with Gasteiger partial charge in [0.15, 0.2) is 11.4 Å². The second-order valence-electron chi connectivity index (χ2n) is 5.72. The van der Waals surface area contributed by atoms with Crippen molar-refractivity contribution in [1.82, 2.24) is 34.7 Å². The van der Waals surface area contributed by atoms with E-state index < -0.39 is 0 Å². The summed E-state index contributed by atoms with van der Waals surface area (Å²) in [6.45, 7) is 1.91. The van der Waals surface area contributed by atoms with Crippen molar-refractivity contribution in [3.8, 4) is 17.7 Å². The molecule has 0 amide bonds. The first-order chi connectivity index (χ1) is 12.3. The molecule has 4 heterocycles. The van der Waals surface area contributed by atoms with E-state index in [1.807, 2.05) is 12.1 Å². The van der Waals surface area contributed by atoms with Crippen LogP contribution in [0.4, 0.5) is 5.82 Å². The molecular formula is C15H15N9O. The molecule has 10 nitrogen and oxygen atoms in total. The van der Waals surface area contributed by atoms with Crippen molar-refractivity contribution in [1.29, 1.82) is 5.26 Å². The van der Waals surface area contributed by atoms with Crippen LogP contribution in [0.25, 0.3) is 11.6 Å². The number of rotatable bonds is 3. The second-order valence-corrected chi connectivity index (χ2v) is 5.72. The lowest BCUT2D eigenvalue weighted by molar-refractivity contribution is 0.572. The van der Waals surface area contributed by atoms with Gasteiger partial charge in [0.25, 0.3) is 11.5 Å². The zero-order valence-electron chi connectivity index (χ0n) is 13.3. The van der Waals surface area contributed by atoms with E-state index in [1.165, 1.54) is 28.2 Å². The minimum atomic E-state index is -0.370. The third-order valence-corrected chi connectivity index (χ3v) is 4.12. The topological polar surface area (TPSA) is 121 Å². The quantitative estimate of drug-likeness (QED) is 0.734. The summed E-state index contributed by atoms with van der Waals surface area (Å²) in [5.41, 5.74) is 0.00153. The van der Waals surface area contributed by atoms with Crippen LogP contribution in [0.5, 0.6) is 0 Å². The molecule has 0 radical (unpaired) electrons. The number of nitrogens with zero attached hydrogens (tertiary/aromatic N) is 8. The summed E-state index contributed by atoms with van der Waals surface area (Å²) in [5.74, 6) is 1.07. The standard InChI is InChI=1S/C15H15N9O/c16-8-11-10-23(21-20-11)12-9-18-24(14(12)25)15-17-5-4-13(19-15)22-6-2-1-3-7-22/h4-5,9-10,18H,1-3,6-7H2. The molecule has 3 aromatic rings. The normalized spacial score (nSPS) is 14.4. The van der Waals surface area contributed by atoms with Gasteiger partial charge in [-0.25, -0.2) is 9.67 Å². The van der Waals surface area contributed by atoms with Crippen LogP contribution >= 0.6 is 0 Å². The minimum Gasteiger partial charge on any atom is -0.356 e. The van der Waals surface area contributed by atoms with Crippen molar-refractivity contribution in [3.63, 3.8) is 0 Å². The molecular weight excluding hydrogens is 322 g/mol. The largest absolute Gasteiger partial charge is 0.356 e. The van der Waals surface area contributed by atoms with E-state index in [0.717, 1.165) is 31.7 Å². The van der Waals surface area contributed by atoms with E-state index in [-0.39, 0.29) is 22.9 Å². The van der Waals surface area contributed by atoms with Gasteiger partial charge < -0.3 is 4.90 Å². The fourth-order valence-corrected chi connectivity index (χ4v) is 2.85. The van der Waals surface area contributed by atoms with Gasteiger partial charge in [-0.05, 0) is 25.3 Å². The highest BCUT2D eigenvalue weighted by molar-refractivity contribution is 5.40. The summed E-state index contributed by atoms with van der Waals surface area (Å²) in [7, 11) is 0. The van der Waals surface area contributed by atoms with Crippen LogP contribution in [-0.2, 0) is 0 Å². The molecule has 3 aromatic heterocycles. The SMILES string of the molecule is N#Cc1cn(-c2c[nH]n(-c3nccc(N4CCCCC4)n3)c2=O)nn1. The highest BCUT2D eigenvalue weighted by Crippen LogP contribution is 2.17. The first-order valence-corrected chi connectivity index (χ1v) is 7.98. The molecule has 0 saturated carbocycles. The molecule has 1 aliphatic heterocycles. The molecule has 25 heavy (non-hydrogen) atoms. The summed E-state index contributed by atoms with van der Waals surface area (Å²) in [4.78, 5) is 23.5. The molecule has 0 aliphatic carbocycles. The maximum absolute atomic E-state index is 12.6. The second kappa shape index (κ2) is 6.20. The predicted molar refractivity (Wildman–Crippen MR) is 87.7 cm³/mol. The number of hydrogen-bond donors (Lipinski definition) is 1. The maximum Gasteiger partial charge on any atom is 0.299 e.